The molecule has 3 rings (SSSR count). The smallest absolute Gasteiger partial charge is 0.318 e. The number of hydrogen-bond donors (Lipinski definition) is 3. The van der Waals surface area contributed by atoms with Crippen molar-refractivity contribution in [1.29, 1.82) is 0 Å². The molecule has 5 nitrogen and oxygen atoms in total. The van der Waals surface area contributed by atoms with Crippen LogP contribution in [-0.4, -0.2) is 25.0 Å². The first-order valence-corrected chi connectivity index (χ1v) is 9.04. The van der Waals surface area contributed by atoms with Gasteiger partial charge in [-0.25, -0.2) is 4.79 Å². The van der Waals surface area contributed by atoms with Crippen molar-refractivity contribution in [2.45, 2.75) is 62.8 Å². The van der Waals surface area contributed by atoms with Crippen molar-refractivity contribution in [3.05, 3.63) is 29.8 Å². The highest BCUT2D eigenvalue weighted by Gasteiger charge is 2.46. The fraction of sp³-hybridized carbons (Fsp3) is 0.579. The van der Waals surface area contributed by atoms with Gasteiger partial charge >= 0.3 is 6.03 Å². The molecule has 24 heavy (non-hydrogen) atoms. The van der Waals surface area contributed by atoms with Gasteiger partial charge in [0.05, 0.1) is 5.41 Å². The highest BCUT2D eigenvalue weighted by molar-refractivity contribution is 5.91. The van der Waals surface area contributed by atoms with Gasteiger partial charge in [0.15, 0.2) is 0 Å². The Balaban J connectivity index is 1.69. The second-order valence-electron chi connectivity index (χ2n) is 7.03. The summed E-state index contributed by atoms with van der Waals surface area (Å²) in [6.07, 6.45) is 8.86. The standard InChI is InChI=1S/C19H27N3O2/c1-20-18(24)22-16-10-8-14(9-11-16)19(12-5-13-19)17(23)21-15-6-3-2-4-7-15/h8-11,15H,2-7,12-13H2,1H3,(H,21,23)(H2,20,22,24). The van der Waals surface area contributed by atoms with Crippen LogP contribution in [0.15, 0.2) is 24.3 Å². The molecule has 0 heterocycles. The topological polar surface area (TPSA) is 70.2 Å². The first-order valence-electron chi connectivity index (χ1n) is 9.04. The van der Waals surface area contributed by atoms with Gasteiger partial charge in [0, 0.05) is 18.8 Å². The first-order chi connectivity index (χ1) is 11.6. The molecule has 2 aliphatic rings. The Morgan fingerprint density at radius 2 is 1.67 bits per heavy atom. The number of rotatable bonds is 4. The van der Waals surface area contributed by atoms with Crippen molar-refractivity contribution in [2.75, 3.05) is 12.4 Å². The van der Waals surface area contributed by atoms with E-state index in [1.54, 1.807) is 7.05 Å². The van der Waals surface area contributed by atoms with Gasteiger partial charge < -0.3 is 16.0 Å². The molecule has 5 heteroatoms. The minimum atomic E-state index is -0.372. The summed E-state index contributed by atoms with van der Waals surface area (Å²) in [4.78, 5) is 24.3. The Hall–Kier alpha value is -2.04. The number of anilines is 1. The third-order valence-electron chi connectivity index (χ3n) is 5.50. The van der Waals surface area contributed by atoms with Crippen molar-refractivity contribution in [3.63, 3.8) is 0 Å². The van der Waals surface area contributed by atoms with E-state index < -0.39 is 0 Å². The van der Waals surface area contributed by atoms with Crippen LogP contribution in [0.4, 0.5) is 10.5 Å². The average molecular weight is 329 g/mol. The summed E-state index contributed by atoms with van der Waals surface area (Å²) in [5, 5.41) is 8.58. The third kappa shape index (κ3) is 3.40. The quantitative estimate of drug-likeness (QED) is 0.793. The lowest BCUT2D eigenvalue weighted by molar-refractivity contribution is -0.130. The summed E-state index contributed by atoms with van der Waals surface area (Å²) < 4.78 is 0. The van der Waals surface area contributed by atoms with E-state index in [0.29, 0.717) is 6.04 Å². The van der Waals surface area contributed by atoms with E-state index in [1.165, 1.54) is 19.3 Å². The van der Waals surface area contributed by atoms with Gasteiger partial charge in [-0.05, 0) is 43.4 Å². The molecule has 2 saturated carbocycles. The predicted molar refractivity (Wildman–Crippen MR) is 95.1 cm³/mol. The maximum Gasteiger partial charge on any atom is 0.318 e. The Morgan fingerprint density at radius 1 is 1.00 bits per heavy atom. The molecule has 0 unspecified atom stereocenters. The molecule has 0 aliphatic heterocycles. The van der Waals surface area contributed by atoms with E-state index in [-0.39, 0.29) is 17.4 Å². The van der Waals surface area contributed by atoms with Gasteiger partial charge in [0.1, 0.15) is 0 Å². The van der Waals surface area contributed by atoms with Crippen LogP contribution in [0.3, 0.4) is 0 Å². The molecule has 0 aromatic heterocycles. The molecule has 0 radical (unpaired) electrons. The fourth-order valence-corrected chi connectivity index (χ4v) is 3.81. The lowest BCUT2D eigenvalue weighted by Crippen LogP contribution is -2.52. The Kier molecular flexibility index (Phi) is 5.07. The minimum Gasteiger partial charge on any atom is -0.353 e. The maximum atomic E-state index is 12.9. The molecule has 0 saturated heterocycles. The van der Waals surface area contributed by atoms with Gasteiger partial charge in [-0.15, -0.1) is 0 Å². The normalized spacial score (nSPS) is 19.9. The second kappa shape index (κ2) is 7.24. The number of urea groups is 1. The molecular formula is C19H27N3O2. The number of carbonyl (C=O) groups is 2. The molecule has 3 N–H and O–H groups in total. The van der Waals surface area contributed by atoms with Gasteiger partial charge in [0.2, 0.25) is 5.91 Å². The molecule has 130 valence electrons. The van der Waals surface area contributed by atoms with Crippen LogP contribution in [0.25, 0.3) is 0 Å². The van der Waals surface area contributed by atoms with Crippen LogP contribution in [0.2, 0.25) is 0 Å². The zero-order chi connectivity index (χ0) is 17.0. The van der Waals surface area contributed by atoms with E-state index >= 15 is 0 Å². The summed E-state index contributed by atoms with van der Waals surface area (Å²) in [5.41, 5.74) is 1.42. The SMILES string of the molecule is CNC(=O)Nc1ccc(C2(C(=O)NC3CCCCC3)CCC2)cc1. The highest BCUT2D eigenvalue weighted by Crippen LogP contribution is 2.44. The van der Waals surface area contributed by atoms with E-state index in [9.17, 15) is 9.59 Å². The van der Waals surface area contributed by atoms with Crippen LogP contribution in [0.1, 0.15) is 56.9 Å². The van der Waals surface area contributed by atoms with Crippen molar-refractivity contribution in [1.82, 2.24) is 10.6 Å². The predicted octanol–water partition coefficient (Wildman–Crippen LogP) is 3.31. The summed E-state index contributed by atoms with van der Waals surface area (Å²) in [6, 6.07) is 7.81. The fourth-order valence-electron chi connectivity index (χ4n) is 3.81. The molecule has 0 bridgehead atoms. The van der Waals surface area contributed by atoms with E-state index in [2.05, 4.69) is 16.0 Å². The summed E-state index contributed by atoms with van der Waals surface area (Å²) in [7, 11) is 1.59. The minimum absolute atomic E-state index is 0.188. The zero-order valence-corrected chi connectivity index (χ0v) is 14.4. The Morgan fingerprint density at radius 3 is 2.21 bits per heavy atom. The number of carbonyl (C=O) groups excluding carboxylic acids is 2. The average Bonchev–Trinajstić information content (AvgIpc) is 2.56. The Bertz CT molecular complexity index is 587. The number of amides is 3. The third-order valence-corrected chi connectivity index (χ3v) is 5.50. The van der Waals surface area contributed by atoms with Crippen molar-refractivity contribution in [2.24, 2.45) is 0 Å². The summed E-state index contributed by atoms with van der Waals surface area (Å²) in [6.45, 7) is 0. The van der Waals surface area contributed by atoms with Crippen molar-refractivity contribution in [3.8, 4) is 0 Å². The number of hydrogen-bond acceptors (Lipinski definition) is 2. The lowest BCUT2D eigenvalue weighted by atomic mass is 9.63. The molecule has 1 aromatic rings. The van der Waals surface area contributed by atoms with Crippen molar-refractivity contribution < 1.29 is 9.59 Å². The molecule has 1 aromatic carbocycles. The highest BCUT2D eigenvalue weighted by atomic mass is 16.2. The van der Waals surface area contributed by atoms with Crippen LogP contribution in [0, 0.1) is 0 Å². The zero-order valence-electron chi connectivity index (χ0n) is 14.4. The van der Waals surface area contributed by atoms with Crippen LogP contribution < -0.4 is 16.0 Å². The van der Waals surface area contributed by atoms with Gasteiger partial charge in [-0.3, -0.25) is 4.79 Å². The van der Waals surface area contributed by atoms with E-state index in [1.807, 2.05) is 24.3 Å². The first kappa shape index (κ1) is 16.8. The molecule has 0 atom stereocenters. The summed E-state index contributed by atoms with van der Waals surface area (Å²) >= 11 is 0. The lowest BCUT2D eigenvalue weighted by Gasteiger charge is -2.42. The van der Waals surface area contributed by atoms with Crippen LogP contribution >= 0.6 is 0 Å². The van der Waals surface area contributed by atoms with Gasteiger partial charge in [0.25, 0.3) is 0 Å². The molecule has 0 spiro atoms. The Labute approximate surface area is 143 Å². The largest absolute Gasteiger partial charge is 0.353 e. The molecule has 2 fully saturated rings. The van der Waals surface area contributed by atoms with Crippen LogP contribution in [0.5, 0.6) is 0 Å². The molecular weight excluding hydrogens is 302 g/mol. The van der Waals surface area contributed by atoms with Gasteiger partial charge in [-0.1, -0.05) is 37.8 Å². The number of nitrogens with one attached hydrogen (secondary N) is 3. The maximum absolute atomic E-state index is 12.9. The summed E-state index contributed by atoms with van der Waals surface area (Å²) in [5.74, 6) is 0.188. The molecule has 2 aliphatic carbocycles. The van der Waals surface area contributed by atoms with Crippen molar-refractivity contribution >= 4 is 17.6 Å². The van der Waals surface area contributed by atoms with Gasteiger partial charge in [-0.2, -0.15) is 0 Å². The molecule has 3 amide bonds. The van der Waals surface area contributed by atoms with E-state index in [0.717, 1.165) is 43.4 Å². The monoisotopic (exact) mass is 329 g/mol. The second-order valence-corrected chi connectivity index (χ2v) is 7.03. The van der Waals surface area contributed by atoms with Crippen LogP contribution in [-0.2, 0) is 10.2 Å². The number of benzene rings is 1. The van der Waals surface area contributed by atoms with E-state index in [4.69, 9.17) is 0 Å².